The number of hydrogen-bond donors (Lipinski definition) is 2. The number of sulfone groups is 1. The Hall–Kier alpha value is -1.30. The number of hydrogen-bond acceptors (Lipinski definition) is 5. The maximum Gasteiger partial charge on any atom is 0.154 e. The summed E-state index contributed by atoms with van der Waals surface area (Å²) >= 11 is 0. The smallest absolute Gasteiger partial charge is 0.154 e. The molecule has 0 aliphatic carbocycles. The first-order valence-electron chi connectivity index (χ1n) is 4.23. The normalized spacial score (nSPS) is 20.0. The summed E-state index contributed by atoms with van der Waals surface area (Å²) in [7, 11) is -2.79. The maximum absolute atomic E-state index is 10.9. The molecule has 0 unspecified atom stereocenters. The van der Waals surface area contributed by atoms with Gasteiger partial charge in [-0.2, -0.15) is 0 Å². The van der Waals surface area contributed by atoms with Crippen LogP contribution in [0, 0.1) is 0 Å². The van der Waals surface area contributed by atoms with Crippen molar-refractivity contribution in [1.29, 1.82) is 0 Å². The van der Waals surface area contributed by atoms with Crippen LogP contribution >= 0.6 is 0 Å². The molecule has 1 aliphatic rings. The van der Waals surface area contributed by atoms with Gasteiger partial charge < -0.3 is 11.1 Å². The van der Waals surface area contributed by atoms with Gasteiger partial charge in [-0.1, -0.05) is 0 Å². The van der Waals surface area contributed by atoms with E-state index in [9.17, 15) is 8.42 Å². The van der Waals surface area contributed by atoms with E-state index in [0.29, 0.717) is 11.4 Å². The summed E-state index contributed by atoms with van der Waals surface area (Å²) in [6.07, 6.45) is 3.19. The second kappa shape index (κ2) is 3.13. The predicted octanol–water partition coefficient (Wildman–Crippen LogP) is -0.127. The summed E-state index contributed by atoms with van der Waals surface area (Å²) in [5.41, 5.74) is 6.95. The Bertz CT molecular complexity index is 432. The Morgan fingerprint density at radius 3 is 2.79 bits per heavy atom. The van der Waals surface area contributed by atoms with Crippen LogP contribution in [0.5, 0.6) is 0 Å². The standard InChI is InChI=1S/C8H11N3O2S/c9-7-1-2-10-3-8(7)11-6-4-14(12,13)5-6/h1-3,6,11H,4-5H2,(H2,9,10). The lowest BCUT2D eigenvalue weighted by atomic mass is 10.3. The zero-order valence-electron chi connectivity index (χ0n) is 7.47. The minimum Gasteiger partial charge on any atom is -0.397 e. The van der Waals surface area contributed by atoms with Crippen LogP contribution in [-0.4, -0.2) is 30.9 Å². The first-order valence-corrected chi connectivity index (χ1v) is 6.05. The van der Waals surface area contributed by atoms with Crippen LogP contribution in [0.3, 0.4) is 0 Å². The van der Waals surface area contributed by atoms with E-state index >= 15 is 0 Å². The molecule has 0 radical (unpaired) electrons. The molecule has 1 aromatic rings. The summed E-state index contributed by atoms with van der Waals surface area (Å²) in [5, 5.41) is 3.04. The van der Waals surface area contributed by atoms with Crippen molar-refractivity contribution in [2.45, 2.75) is 6.04 Å². The molecule has 1 aliphatic heterocycles. The molecule has 0 amide bonds. The molecule has 76 valence electrons. The van der Waals surface area contributed by atoms with Crippen LogP contribution in [0.2, 0.25) is 0 Å². The van der Waals surface area contributed by atoms with Crippen LogP contribution in [0.4, 0.5) is 11.4 Å². The van der Waals surface area contributed by atoms with Gasteiger partial charge in [0.15, 0.2) is 9.84 Å². The van der Waals surface area contributed by atoms with Crippen molar-refractivity contribution in [3.8, 4) is 0 Å². The lowest BCUT2D eigenvalue weighted by molar-refractivity contribution is 0.570. The molecule has 1 aromatic heterocycles. The number of nitrogens with zero attached hydrogens (tertiary/aromatic N) is 1. The molecule has 0 bridgehead atoms. The van der Waals surface area contributed by atoms with Crippen molar-refractivity contribution in [2.75, 3.05) is 22.6 Å². The zero-order chi connectivity index (χ0) is 10.2. The summed E-state index contributed by atoms with van der Waals surface area (Å²) in [6.45, 7) is 0. The van der Waals surface area contributed by atoms with E-state index in [1.807, 2.05) is 0 Å². The van der Waals surface area contributed by atoms with Crippen LogP contribution in [-0.2, 0) is 9.84 Å². The van der Waals surface area contributed by atoms with Crippen molar-refractivity contribution >= 4 is 21.2 Å². The molecule has 6 heteroatoms. The highest BCUT2D eigenvalue weighted by Crippen LogP contribution is 2.20. The van der Waals surface area contributed by atoms with Crippen LogP contribution in [0.15, 0.2) is 18.5 Å². The van der Waals surface area contributed by atoms with Crippen molar-refractivity contribution in [1.82, 2.24) is 4.98 Å². The molecule has 0 spiro atoms. The van der Waals surface area contributed by atoms with Crippen molar-refractivity contribution in [2.24, 2.45) is 0 Å². The minimum atomic E-state index is -2.79. The number of nitrogens with one attached hydrogen (secondary N) is 1. The first-order chi connectivity index (χ1) is 6.57. The quantitative estimate of drug-likeness (QED) is 0.715. The molecule has 1 fully saturated rings. The summed E-state index contributed by atoms with van der Waals surface area (Å²) in [4.78, 5) is 3.90. The van der Waals surface area contributed by atoms with E-state index < -0.39 is 9.84 Å². The van der Waals surface area contributed by atoms with E-state index in [4.69, 9.17) is 5.73 Å². The molecule has 5 nitrogen and oxygen atoms in total. The fourth-order valence-electron chi connectivity index (χ4n) is 1.39. The number of pyridine rings is 1. The lowest BCUT2D eigenvalue weighted by Crippen LogP contribution is -2.46. The van der Waals surface area contributed by atoms with E-state index in [1.165, 1.54) is 0 Å². The van der Waals surface area contributed by atoms with Gasteiger partial charge in [0.05, 0.1) is 35.1 Å². The van der Waals surface area contributed by atoms with Gasteiger partial charge in [-0.25, -0.2) is 8.42 Å². The van der Waals surface area contributed by atoms with Gasteiger partial charge in [0.25, 0.3) is 0 Å². The Morgan fingerprint density at radius 2 is 2.21 bits per heavy atom. The molecule has 2 heterocycles. The summed E-state index contributed by atoms with van der Waals surface area (Å²) in [6, 6.07) is 1.65. The van der Waals surface area contributed by atoms with Gasteiger partial charge in [0, 0.05) is 6.20 Å². The SMILES string of the molecule is Nc1ccncc1NC1CS(=O)(=O)C1. The molecule has 0 atom stereocenters. The number of anilines is 2. The Morgan fingerprint density at radius 1 is 1.50 bits per heavy atom. The van der Waals surface area contributed by atoms with Gasteiger partial charge in [0.2, 0.25) is 0 Å². The molecule has 0 saturated carbocycles. The van der Waals surface area contributed by atoms with Crippen LogP contribution in [0.1, 0.15) is 0 Å². The Kier molecular flexibility index (Phi) is 2.07. The highest BCUT2D eigenvalue weighted by molar-refractivity contribution is 7.92. The number of aromatic nitrogens is 1. The predicted molar refractivity (Wildman–Crippen MR) is 54.7 cm³/mol. The van der Waals surface area contributed by atoms with Gasteiger partial charge in [-0.05, 0) is 6.07 Å². The van der Waals surface area contributed by atoms with Crippen LogP contribution in [0.25, 0.3) is 0 Å². The second-order valence-electron chi connectivity index (χ2n) is 3.38. The van der Waals surface area contributed by atoms with Gasteiger partial charge >= 0.3 is 0 Å². The van der Waals surface area contributed by atoms with Crippen molar-refractivity contribution < 1.29 is 8.42 Å². The molecule has 3 N–H and O–H groups in total. The monoisotopic (exact) mass is 213 g/mol. The molecule has 0 aromatic carbocycles. The third-order valence-corrected chi connectivity index (χ3v) is 3.95. The van der Waals surface area contributed by atoms with E-state index in [1.54, 1.807) is 18.5 Å². The third-order valence-electron chi connectivity index (χ3n) is 2.12. The molecular formula is C8H11N3O2S. The average molecular weight is 213 g/mol. The minimum absolute atomic E-state index is 0.0218. The number of rotatable bonds is 2. The lowest BCUT2D eigenvalue weighted by Gasteiger charge is -2.27. The summed E-state index contributed by atoms with van der Waals surface area (Å²) < 4.78 is 21.8. The molecule has 14 heavy (non-hydrogen) atoms. The summed E-state index contributed by atoms with van der Waals surface area (Å²) in [5.74, 6) is 0.364. The molecule has 2 rings (SSSR count). The maximum atomic E-state index is 10.9. The second-order valence-corrected chi connectivity index (χ2v) is 5.53. The van der Waals surface area contributed by atoms with E-state index in [2.05, 4.69) is 10.3 Å². The average Bonchev–Trinajstić information content (AvgIpc) is 2.05. The van der Waals surface area contributed by atoms with Gasteiger partial charge in [0.1, 0.15) is 0 Å². The topological polar surface area (TPSA) is 85.1 Å². The largest absolute Gasteiger partial charge is 0.397 e. The van der Waals surface area contributed by atoms with E-state index in [-0.39, 0.29) is 17.5 Å². The van der Waals surface area contributed by atoms with Crippen LogP contribution < -0.4 is 11.1 Å². The Balaban J connectivity index is 2.03. The van der Waals surface area contributed by atoms with Crippen molar-refractivity contribution in [3.63, 3.8) is 0 Å². The van der Waals surface area contributed by atoms with Crippen molar-refractivity contribution in [3.05, 3.63) is 18.5 Å². The first kappa shape index (κ1) is 9.26. The number of nitrogen functional groups attached to an aromatic ring is 1. The number of nitrogens with two attached hydrogens (primary N) is 1. The highest BCUT2D eigenvalue weighted by atomic mass is 32.2. The fraction of sp³-hybridized carbons (Fsp3) is 0.375. The van der Waals surface area contributed by atoms with Gasteiger partial charge in [-0.3, -0.25) is 4.98 Å². The molecular weight excluding hydrogens is 202 g/mol. The fourth-order valence-corrected chi connectivity index (χ4v) is 2.69. The zero-order valence-corrected chi connectivity index (χ0v) is 8.29. The Labute approximate surface area is 82.3 Å². The third kappa shape index (κ3) is 1.79. The van der Waals surface area contributed by atoms with E-state index in [0.717, 1.165) is 0 Å². The van der Waals surface area contributed by atoms with Gasteiger partial charge in [-0.15, -0.1) is 0 Å². The molecule has 1 saturated heterocycles. The highest BCUT2D eigenvalue weighted by Gasteiger charge is 2.33.